The van der Waals surface area contributed by atoms with Crippen LogP contribution < -0.4 is 0 Å². The quantitative estimate of drug-likeness (QED) is 0.406. The van der Waals surface area contributed by atoms with Crippen molar-refractivity contribution in [2.45, 2.75) is 33.1 Å². The lowest BCUT2D eigenvalue weighted by molar-refractivity contribution is 0.326. The van der Waals surface area contributed by atoms with E-state index in [1.165, 1.54) is 30.5 Å². The Bertz CT molecular complexity index is 1300. The van der Waals surface area contributed by atoms with E-state index in [-0.39, 0.29) is 0 Å². The van der Waals surface area contributed by atoms with Gasteiger partial charge in [-0.2, -0.15) is 5.10 Å². The third kappa shape index (κ3) is 3.62. The molecule has 2 N–H and O–H groups in total. The third-order valence-electron chi connectivity index (χ3n) is 6.24. The summed E-state index contributed by atoms with van der Waals surface area (Å²) >= 11 is 0. The van der Waals surface area contributed by atoms with Gasteiger partial charge in [-0.15, -0.1) is 0 Å². The Balaban J connectivity index is 1.57. The maximum atomic E-state index is 4.96. The maximum absolute atomic E-state index is 4.96. The average molecular weight is 425 g/mol. The average Bonchev–Trinajstić information content (AvgIpc) is 3.41. The van der Waals surface area contributed by atoms with Crippen molar-refractivity contribution in [3.63, 3.8) is 0 Å². The largest absolute Gasteiger partial charge is 0.371 e. The van der Waals surface area contributed by atoms with E-state index in [1.54, 1.807) is 6.20 Å². The Morgan fingerprint density at radius 2 is 1.97 bits per heavy atom. The molecule has 1 fully saturated rings. The molecule has 4 aromatic heterocycles. The van der Waals surface area contributed by atoms with Gasteiger partial charge in [0, 0.05) is 48.0 Å². The summed E-state index contributed by atoms with van der Waals surface area (Å²) < 4.78 is 0. The van der Waals surface area contributed by atoms with Crippen molar-refractivity contribution in [3.05, 3.63) is 72.2 Å². The molecule has 0 saturated carbocycles. The molecule has 0 spiro atoms. The predicted octanol–water partition coefficient (Wildman–Crippen LogP) is 5.64. The molecule has 162 valence electrons. The summed E-state index contributed by atoms with van der Waals surface area (Å²) in [6, 6.07) is 8.25. The lowest BCUT2D eigenvalue weighted by atomic mass is 10.1. The fourth-order valence-corrected chi connectivity index (χ4v) is 4.53. The molecule has 0 aromatic carbocycles. The predicted molar refractivity (Wildman–Crippen MR) is 130 cm³/mol. The molecule has 32 heavy (non-hydrogen) atoms. The van der Waals surface area contributed by atoms with E-state index in [9.17, 15) is 0 Å². The number of pyridine rings is 2. The standard InChI is InChI=1S/C26H28N6/c1-4-8-24(32-13-6-5-7-14-32)19-15-23(28-18(19)3)26-25-22(30-31-26)10-9-21(29-25)20-16-27-12-11-17(20)2/h4,8-12,15-16,28H,1,5-7,13-14H2,2-3H3,(H,30,31)/b24-8+. The highest BCUT2D eigenvalue weighted by molar-refractivity contribution is 5.91. The van der Waals surface area contributed by atoms with Crippen molar-refractivity contribution in [3.8, 4) is 22.6 Å². The second kappa shape index (κ2) is 8.46. The van der Waals surface area contributed by atoms with Gasteiger partial charge in [0.1, 0.15) is 11.2 Å². The normalized spacial score (nSPS) is 14.8. The van der Waals surface area contributed by atoms with Crippen LogP contribution in [0.15, 0.2) is 55.4 Å². The van der Waals surface area contributed by atoms with Crippen LogP contribution in [0.1, 0.15) is 36.1 Å². The van der Waals surface area contributed by atoms with Crippen molar-refractivity contribution in [1.82, 2.24) is 30.0 Å². The van der Waals surface area contributed by atoms with Crippen LogP contribution in [-0.2, 0) is 0 Å². The minimum Gasteiger partial charge on any atom is -0.371 e. The Morgan fingerprint density at radius 1 is 1.12 bits per heavy atom. The number of hydrogen-bond donors (Lipinski definition) is 2. The van der Waals surface area contributed by atoms with Crippen LogP contribution in [0.4, 0.5) is 0 Å². The number of aromatic nitrogens is 5. The molecular formula is C26H28N6. The number of aromatic amines is 2. The van der Waals surface area contributed by atoms with Crippen molar-refractivity contribution < 1.29 is 0 Å². The van der Waals surface area contributed by atoms with Crippen molar-refractivity contribution in [2.24, 2.45) is 0 Å². The summed E-state index contributed by atoms with van der Waals surface area (Å²) in [7, 11) is 0. The number of nitrogens with one attached hydrogen (secondary N) is 2. The van der Waals surface area contributed by atoms with Gasteiger partial charge < -0.3 is 9.88 Å². The van der Waals surface area contributed by atoms with E-state index in [4.69, 9.17) is 4.98 Å². The van der Waals surface area contributed by atoms with Crippen LogP contribution in [0, 0.1) is 13.8 Å². The van der Waals surface area contributed by atoms with Gasteiger partial charge in [0.25, 0.3) is 0 Å². The number of hydrogen-bond acceptors (Lipinski definition) is 4. The number of piperidine rings is 1. The second-order valence-electron chi connectivity index (χ2n) is 8.41. The molecule has 5 rings (SSSR count). The Morgan fingerprint density at radius 3 is 2.75 bits per heavy atom. The van der Waals surface area contributed by atoms with Gasteiger partial charge in [0.2, 0.25) is 0 Å². The molecule has 1 aliphatic rings. The van der Waals surface area contributed by atoms with Gasteiger partial charge in [-0.1, -0.05) is 12.7 Å². The van der Waals surface area contributed by atoms with Gasteiger partial charge in [-0.05, 0) is 69.0 Å². The number of H-pyrrole nitrogens is 2. The molecule has 6 heteroatoms. The van der Waals surface area contributed by atoms with E-state index in [2.05, 4.69) is 57.6 Å². The first-order chi connectivity index (χ1) is 15.7. The highest BCUT2D eigenvalue weighted by Crippen LogP contribution is 2.33. The van der Waals surface area contributed by atoms with Gasteiger partial charge in [-0.3, -0.25) is 10.1 Å². The maximum Gasteiger partial charge on any atom is 0.135 e. The summed E-state index contributed by atoms with van der Waals surface area (Å²) in [4.78, 5) is 15.3. The van der Waals surface area contributed by atoms with Crippen molar-refractivity contribution in [1.29, 1.82) is 0 Å². The minimum atomic E-state index is 0.828. The first kappa shape index (κ1) is 20.2. The first-order valence-electron chi connectivity index (χ1n) is 11.2. The zero-order chi connectivity index (χ0) is 22.1. The number of rotatable bonds is 5. The lowest BCUT2D eigenvalue weighted by Crippen LogP contribution is -2.28. The first-order valence-corrected chi connectivity index (χ1v) is 11.2. The number of nitrogens with zero attached hydrogens (tertiary/aromatic N) is 4. The molecular weight excluding hydrogens is 396 g/mol. The van der Waals surface area contributed by atoms with Gasteiger partial charge in [-0.25, -0.2) is 4.98 Å². The summed E-state index contributed by atoms with van der Waals surface area (Å²) in [5, 5.41) is 7.74. The molecule has 0 bridgehead atoms. The summed E-state index contributed by atoms with van der Waals surface area (Å²) in [6.45, 7) is 10.3. The second-order valence-corrected chi connectivity index (χ2v) is 8.41. The zero-order valence-corrected chi connectivity index (χ0v) is 18.7. The number of allylic oxidation sites excluding steroid dienone is 2. The highest BCUT2D eigenvalue weighted by atomic mass is 15.1. The monoisotopic (exact) mass is 424 g/mol. The van der Waals surface area contributed by atoms with Crippen LogP contribution >= 0.6 is 0 Å². The van der Waals surface area contributed by atoms with Gasteiger partial charge in [0.15, 0.2) is 0 Å². The molecule has 0 radical (unpaired) electrons. The molecule has 0 aliphatic carbocycles. The van der Waals surface area contributed by atoms with Crippen LogP contribution in [0.25, 0.3) is 39.4 Å². The fourth-order valence-electron chi connectivity index (χ4n) is 4.53. The summed E-state index contributed by atoms with van der Waals surface area (Å²) in [6.07, 6.45) is 11.4. The third-order valence-corrected chi connectivity index (χ3v) is 6.24. The van der Waals surface area contributed by atoms with Crippen LogP contribution in [0.2, 0.25) is 0 Å². The van der Waals surface area contributed by atoms with Gasteiger partial charge >= 0.3 is 0 Å². The molecule has 1 aliphatic heterocycles. The summed E-state index contributed by atoms with van der Waals surface area (Å²) in [5.74, 6) is 0. The Hall–Kier alpha value is -3.67. The molecule has 0 unspecified atom stereocenters. The number of fused-ring (bicyclic) bond motifs is 1. The van der Waals surface area contributed by atoms with Crippen LogP contribution in [0.5, 0.6) is 0 Å². The fraction of sp³-hybridized carbons (Fsp3) is 0.269. The van der Waals surface area contributed by atoms with E-state index < -0.39 is 0 Å². The highest BCUT2D eigenvalue weighted by Gasteiger charge is 2.20. The number of likely N-dealkylation sites (tertiary alicyclic amines) is 1. The van der Waals surface area contributed by atoms with E-state index in [1.807, 2.05) is 30.5 Å². The zero-order valence-electron chi connectivity index (χ0n) is 18.7. The van der Waals surface area contributed by atoms with E-state index >= 15 is 0 Å². The molecule has 5 heterocycles. The van der Waals surface area contributed by atoms with Crippen LogP contribution in [-0.4, -0.2) is 43.1 Å². The molecule has 0 atom stereocenters. The van der Waals surface area contributed by atoms with Gasteiger partial charge in [0.05, 0.1) is 16.9 Å². The molecule has 4 aromatic rings. The number of aryl methyl sites for hydroxylation is 2. The molecule has 0 amide bonds. The topological polar surface area (TPSA) is 73.5 Å². The lowest BCUT2D eigenvalue weighted by Gasteiger charge is -2.31. The molecule has 1 saturated heterocycles. The van der Waals surface area contributed by atoms with E-state index in [0.29, 0.717) is 0 Å². The van der Waals surface area contributed by atoms with Crippen molar-refractivity contribution >= 4 is 16.7 Å². The smallest absolute Gasteiger partial charge is 0.135 e. The Labute approximate surface area is 188 Å². The SMILES string of the molecule is C=C/C=C(\c1cc(-c2n[nH]c3ccc(-c4cnccc4C)nc23)[nH]c1C)N1CCCCC1. The Kier molecular flexibility index (Phi) is 5.35. The summed E-state index contributed by atoms with van der Waals surface area (Å²) in [5.41, 5.74) is 10.2. The van der Waals surface area contributed by atoms with Crippen molar-refractivity contribution in [2.75, 3.05) is 13.1 Å². The van der Waals surface area contributed by atoms with E-state index in [0.717, 1.165) is 58.0 Å². The minimum absolute atomic E-state index is 0.828. The molecule has 6 nitrogen and oxygen atoms in total. The van der Waals surface area contributed by atoms with Crippen LogP contribution in [0.3, 0.4) is 0 Å².